The lowest BCUT2D eigenvalue weighted by atomic mass is 9.74. The molecule has 0 spiro atoms. The van der Waals surface area contributed by atoms with Crippen molar-refractivity contribution in [2.24, 2.45) is 5.92 Å². The van der Waals surface area contributed by atoms with E-state index in [0.29, 0.717) is 12.6 Å². The second-order valence-electron chi connectivity index (χ2n) is 11.6. The molecule has 4 aromatic rings. The second-order valence-corrected chi connectivity index (χ2v) is 11.6. The number of amides is 2. The summed E-state index contributed by atoms with van der Waals surface area (Å²) in [5, 5.41) is 15.3. The highest BCUT2D eigenvalue weighted by Crippen LogP contribution is 2.39. The molecule has 0 heterocycles. The molecule has 6 rings (SSSR count). The third-order valence-corrected chi connectivity index (χ3v) is 8.81. The van der Waals surface area contributed by atoms with Gasteiger partial charge in [0.1, 0.15) is 0 Å². The van der Waals surface area contributed by atoms with Crippen molar-refractivity contribution in [3.05, 3.63) is 119 Å². The van der Waals surface area contributed by atoms with Crippen LogP contribution in [0.25, 0.3) is 10.8 Å². The molecule has 0 unspecified atom stereocenters. The largest absolute Gasteiger partial charge is 0.394 e. The van der Waals surface area contributed by atoms with Crippen LogP contribution >= 0.6 is 0 Å². The molecule has 0 saturated heterocycles. The number of aliphatic hydroxyl groups is 1. The lowest BCUT2D eigenvalue weighted by Gasteiger charge is -2.32. The van der Waals surface area contributed by atoms with E-state index in [2.05, 4.69) is 41.7 Å². The first kappa shape index (κ1) is 27.2. The summed E-state index contributed by atoms with van der Waals surface area (Å²) in [6, 6.07) is 32.2. The maximum absolute atomic E-state index is 13.6. The van der Waals surface area contributed by atoms with Crippen molar-refractivity contribution in [2.45, 2.75) is 63.1 Å². The van der Waals surface area contributed by atoms with E-state index in [-0.39, 0.29) is 30.3 Å². The molecule has 41 heavy (non-hydrogen) atoms. The molecule has 2 fully saturated rings. The zero-order valence-electron chi connectivity index (χ0n) is 23.4. The summed E-state index contributed by atoms with van der Waals surface area (Å²) >= 11 is 0. The average molecular weight is 547 g/mol. The van der Waals surface area contributed by atoms with Crippen molar-refractivity contribution < 1.29 is 14.7 Å². The molecule has 0 aromatic heterocycles. The predicted molar refractivity (Wildman–Crippen MR) is 162 cm³/mol. The lowest BCUT2D eigenvalue weighted by Crippen LogP contribution is -2.39. The number of benzene rings is 4. The molecule has 2 aliphatic rings. The molecule has 3 atom stereocenters. The van der Waals surface area contributed by atoms with Gasteiger partial charge in [0, 0.05) is 24.1 Å². The molecular formula is C36H38N2O3. The average Bonchev–Trinajstić information content (AvgIpc) is 3.88. The van der Waals surface area contributed by atoms with Gasteiger partial charge in [0.15, 0.2) is 0 Å². The second kappa shape index (κ2) is 12.3. The van der Waals surface area contributed by atoms with E-state index in [4.69, 9.17) is 0 Å². The summed E-state index contributed by atoms with van der Waals surface area (Å²) in [4.78, 5) is 29.1. The number of nitrogens with zero attached hydrogens (tertiary/aromatic N) is 1. The number of rotatable bonds is 9. The molecule has 5 nitrogen and oxygen atoms in total. The van der Waals surface area contributed by atoms with Gasteiger partial charge >= 0.3 is 0 Å². The third kappa shape index (κ3) is 6.20. The number of nitrogens with one attached hydrogen (secondary N) is 1. The third-order valence-electron chi connectivity index (χ3n) is 8.81. The first-order valence-electron chi connectivity index (χ1n) is 15.0. The number of hydrogen-bond acceptors (Lipinski definition) is 3. The van der Waals surface area contributed by atoms with Gasteiger partial charge in [-0.1, -0.05) is 97.8 Å². The van der Waals surface area contributed by atoms with Crippen molar-refractivity contribution in [3.63, 3.8) is 0 Å². The molecule has 210 valence electrons. The highest BCUT2D eigenvalue weighted by molar-refractivity contribution is 5.98. The number of carbonyl (C=O) groups excluding carboxylic acids is 2. The Kier molecular flexibility index (Phi) is 8.15. The van der Waals surface area contributed by atoms with Crippen LogP contribution in [0.1, 0.15) is 77.5 Å². The van der Waals surface area contributed by atoms with Crippen LogP contribution in [0.3, 0.4) is 0 Å². The van der Waals surface area contributed by atoms with Gasteiger partial charge in [-0.15, -0.1) is 0 Å². The quantitative estimate of drug-likeness (QED) is 0.243. The SMILES string of the molecule is O=C(N[C@@H](CO)c1ccccc1)[C@H]1CCCC[C@@H]1c1ccc(CN(C(=O)c2ccc3ccccc3c2)C2CC2)cc1. The Morgan fingerprint density at radius 1 is 0.805 bits per heavy atom. The van der Waals surface area contributed by atoms with E-state index < -0.39 is 6.04 Å². The molecule has 0 radical (unpaired) electrons. The van der Waals surface area contributed by atoms with Crippen LogP contribution < -0.4 is 5.32 Å². The van der Waals surface area contributed by atoms with Crippen molar-refractivity contribution in [2.75, 3.05) is 6.61 Å². The molecule has 5 heteroatoms. The van der Waals surface area contributed by atoms with Gasteiger partial charge in [0.25, 0.3) is 5.91 Å². The molecular weight excluding hydrogens is 508 g/mol. The maximum Gasteiger partial charge on any atom is 0.254 e. The van der Waals surface area contributed by atoms with E-state index in [9.17, 15) is 14.7 Å². The fourth-order valence-electron chi connectivity index (χ4n) is 6.35. The molecule has 0 aliphatic heterocycles. The maximum atomic E-state index is 13.6. The van der Waals surface area contributed by atoms with Gasteiger partial charge in [-0.25, -0.2) is 0 Å². The first-order valence-corrected chi connectivity index (χ1v) is 15.0. The molecule has 2 aliphatic carbocycles. The minimum atomic E-state index is -0.401. The number of carbonyl (C=O) groups is 2. The normalized spacial score (nSPS) is 19.4. The van der Waals surface area contributed by atoms with Crippen LogP contribution in [-0.2, 0) is 11.3 Å². The summed E-state index contributed by atoms with van der Waals surface area (Å²) in [5.74, 6) is 0.127. The van der Waals surface area contributed by atoms with Crippen molar-refractivity contribution in [1.29, 1.82) is 0 Å². The smallest absolute Gasteiger partial charge is 0.254 e. The van der Waals surface area contributed by atoms with Crippen LogP contribution in [0, 0.1) is 5.92 Å². The van der Waals surface area contributed by atoms with Crippen LogP contribution in [0.2, 0.25) is 0 Å². The van der Waals surface area contributed by atoms with Crippen molar-refractivity contribution in [1.82, 2.24) is 10.2 Å². The fourth-order valence-corrected chi connectivity index (χ4v) is 6.35. The standard InChI is InChI=1S/C36H38N2O3/c39-24-34(28-9-2-1-3-10-28)37-35(40)33-13-7-6-12-32(33)27-16-14-25(15-17-27)23-38(31-20-21-31)36(41)30-19-18-26-8-4-5-11-29(26)22-30/h1-5,8-11,14-19,22,31-34,39H,6-7,12-13,20-21,23-24H2,(H,37,40)/t32-,33+,34+/m1/s1. The Labute approximate surface area is 242 Å². The molecule has 2 amide bonds. The van der Waals surface area contributed by atoms with E-state index >= 15 is 0 Å². The molecule has 2 saturated carbocycles. The fraction of sp³-hybridized carbons (Fsp3) is 0.333. The minimum Gasteiger partial charge on any atom is -0.394 e. The predicted octanol–water partition coefficient (Wildman–Crippen LogP) is 6.77. The van der Waals surface area contributed by atoms with E-state index in [1.165, 1.54) is 5.56 Å². The Balaban J connectivity index is 1.15. The van der Waals surface area contributed by atoms with Gasteiger partial charge in [0.2, 0.25) is 5.91 Å². The van der Waals surface area contributed by atoms with Crippen LogP contribution in [0.5, 0.6) is 0 Å². The van der Waals surface area contributed by atoms with Gasteiger partial charge in [0.05, 0.1) is 12.6 Å². The Bertz CT molecular complexity index is 1500. The van der Waals surface area contributed by atoms with E-state index in [0.717, 1.165) is 66.0 Å². The minimum absolute atomic E-state index is 0.0163. The van der Waals surface area contributed by atoms with Gasteiger partial charge in [-0.05, 0) is 71.2 Å². The number of hydrogen-bond donors (Lipinski definition) is 2. The van der Waals surface area contributed by atoms with Crippen LogP contribution in [0.15, 0.2) is 97.1 Å². The van der Waals surface area contributed by atoms with E-state index in [1.54, 1.807) is 0 Å². The Morgan fingerprint density at radius 2 is 1.51 bits per heavy atom. The summed E-state index contributed by atoms with van der Waals surface area (Å²) in [5.41, 5.74) is 3.93. The molecule has 0 bridgehead atoms. The number of aliphatic hydroxyl groups excluding tert-OH is 1. The highest BCUT2D eigenvalue weighted by atomic mass is 16.3. The Morgan fingerprint density at radius 3 is 2.24 bits per heavy atom. The van der Waals surface area contributed by atoms with Crippen molar-refractivity contribution >= 4 is 22.6 Å². The zero-order chi connectivity index (χ0) is 28.2. The van der Waals surface area contributed by atoms with Gasteiger partial charge < -0.3 is 15.3 Å². The summed E-state index contributed by atoms with van der Waals surface area (Å²) < 4.78 is 0. The lowest BCUT2D eigenvalue weighted by molar-refractivity contribution is -0.127. The van der Waals surface area contributed by atoms with Crippen LogP contribution in [-0.4, -0.2) is 34.5 Å². The topological polar surface area (TPSA) is 69.6 Å². The highest BCUT2D eigenvalue weighted by Gasteiger charge is 2.35. The zero-order valence-corrected chi connectivity index (χ0v) is 23.4. The van der Waals surface area contributed by atoms with Gasteiger partial charge in [-0.2, -0.15) is 0 Å². The Hall–Kier alpha value is -3.96. The van der Waals surface area contributed by atoms with Gasteiger partial charge in [-0.3, -0.25) is 9.59 Å². The molecule has 2 N–H and O–H groups in total. The summed E-state index contributed by atoms with van der Waals surface area (Å²) in [7, 11) is 0. The monoisotopic (exact) mass is 546 g/mol. The number of fused-ring (bicyclic) bond motifs is 1. The molecule has 4 aromatic carbocycles. The van der Waals surface area contributed by atoms with Crippen LogP contribution in [0.4, 0.5) is 0 Å². The van der Waals surface area contributed by atoms with Crippen molar-refractivity contribution in [3.8, 4) is 0 Å². The summed E-state index contributed by atoms with van der Waals surface area (Å²) in [6.07, 6.45) is 6.06. The first-order chi connectivity index (χ1) is 20.1. The summed E-state index contributed by atoms with van der Waals surface area (Å²) in [6.45, 7) is 0.456. The van der Waals surface area contributed by atoms with E-state index in [1.807, 2.05) is 65.6 Å².